The molecule has 0 saturated heterocycles. The van der Waals surface area contributed by atoms with Gasteiger partial charge in [-0.05, 0) is 30.5 Å². The molecule has 0 amide bonds. The number of pyridine rings is 1. The average molecular weight is 326 g/mol. The number of hydrogen-bond acceptors (Lipinski definition) is 6. The first-order valence-electron chi connectivity index (χ1n) is 6.57. The zero-order valence-corrected chi connectivity index (χ0v) is 13.3. The van der Waals surface area contributed by atoms with Gasteiger partial charge in [0.15, 0.2) is 9.84 Å². The number of aliphatic hydroxyl groups excluding tert-OH is 1. The highest BCUT2D eigenvalue weighted by atomic mass is 32.2. The molecule has 0 fully saturated rings. The molecule has 114 valence electrons. The number of sulfone groups is 1. The van der Waals surface area contributed by atoms with E-state index in [4.69, 9.17) is 0 Å². The maximum atomic E-state index is 12.0. The molecule has 0 radical (unpaired) electrons. The van der Waals surface area contributed by atoms with E-state index >= 15 is 0 Å². The molecule has 2 N–H and O–H groups in total. The number of nitrogens with zero attached hydrogens (tertiary/aromatic N) is 1. The molecule has 2 rings (SSSR count). The van der Waals surface area contributed by atoms with Crippen molar-refractivity contribution in [3.05, 3.63) is 47.6 Å². The van der Waals surface area contributed by atoms with Crippen LogP contribution in [0, 0.1) is 0 Å². The first kappa shape index (κ1) is 16.1. The predicted molar refractivity (Wildman–Crippen MR) is 83.0 cm³/mol. The van der Waals surface area contributed by atoms with E-state index in [9.17, 15) is 13.5 Å². The van der Waals surface area contributed by atoms with E-state index in [0.29, 0.717) is 4.21 Å². The molecule has 21 heavy (non-hydrogen) atoms. The van der Waals surface area contributed by atoms with Gasteiger partial charge >= 0.3 is 0 Å². The van der Waals surface area contributed by atoms with Gasteiger partial charge in [-0.1, -0.05) is 12.1 Å². The van der Waals surface area contributed by atoms with E-state index in [2.05, 4.69) is 10.3 Å². The lowest BCUT2D eigenvalue weighted by Gasteiger charge is -2.16. The van der Waals surface area contributed by atoms with Crippen LogP contribution in [0.15, 0.2) is 46.1 Å². The van der Waals surface area contributed by atoms with Crippen molar-refractivity contribution >= 4 is 21.2 Å². The summed E-state index contributed by atoms with van der Waals surface area (Å²) in [5.74, 6) is -0.282. The molecule has 2 atom stereocenters. The van der Waals surface area contributed by atoms with Crippen LogP contribution in [0.1, 0.15) is 18.7 Å². The lowest BCUT2D eigenvalue weighted by Crippen LogP contribution is -2.34. The molecule has 0 bridgehead atoms. The summed E-state index contributed by atoms with van der Waals surface area (Å²) in [6, 6.07) is 8.79. The first-order chi connectivity index (χ1) is 9.99. The van der Waals surface area contributed by atoms with Crippen molar-refractivity contribution in [1.29, 1.82) is 0 Å². The molecular weight excluding hydrogens is 308 g/mol. The van der Waals surface area contributed by atoms with Gasteiger partial charge in [-0.2, -0.15) is 0 Å². The van der Waals surface area contributed by atoms with Crippen LogP contribution >= 0.6 is 11.3 Å². The van der Waals surface area contributed by atoms with Crippen molar-refractivity contribution in [3.63, 3.8) is 0 Å². The Hall–Kier alpha value is -1.28. The fraction of sp³-hybridized carbons (Fsp3) is 0.357. The van der Waals surface area contributed by atoms with Gasteiger partial charge in [0.25, 0.3) is 0 Å². The van der Waals surface area contributed by atoms with Crippen LogP contribution in [0.2, 0.25) is 0 Å². The van der Waals surface area contributed by atoms with E-state index in [1.165, 1.54) is 0 Å². The van der Waals surface area contributed by atoms with Gasteiger partial charge in [0.2, 0.25) is 0 Å². The van der Waals surface area contributed by atoms with Crippen molar-refractivity contribution in [2.45, 2.75) is 23.3 Å². The summed E-state index contributed by atoms with van der Waals surface area (Å²) < 4.78 is 24.3. The SMILES string of the molecule is CC(NCC(O)CS(=O)(=O)c1cccs1)c1ccccn1. The number of aromatic nitrogens is 1. The Morgan fingerprint density at radius 3 is 2.76 bits per heavy atom. The van der Waals surface area contributed by atoms with Crippen molar-refractivity contribution in [3.8, 4) is 0 Å². The maximum absolute atomic E-state index is 12.0. The average Bonchev–Trinajstić information content (AvgIpc) is 3.00. The van der Waals surface area contributed by atoms with Crippen LogP contribution in [-0.4, -0.2) is 36.9 Å². The van der Waals surface area contributed by atoms with Gasteiger partial charge in [0.1, 0.15) is 4.21 Å². The van der Waals surface area contributed by atoms with Crippen molar-refractivity contribution in [2.75, 3.05) is 12.3 Å². The third-order valence-corrected chi connectivity index (χ3v) is 6.29. The van der Waals surface area contributed by atoms with Gasteiger partial charge < -0.3 is 10.4 Å². The second-order valence-electron chi connectivity index (χ2n) is 4.75. The van der Waals surface area contributed by atoms with E-state index in [-0.39, 0.29) is 18.3 Å². The van der Waals surface area contributed by atoms with Crippen LogP contribution in [0.5, 0.6) is 0 Å². The lowest BCUT2D eigenvalue weighted by atomic mass is 10.2. The molecule has 0 aliphatic carbocycles. The van der Waals surface area contributed by atoms with E-state index < -0.39 is 15.9 Å². The highest BCUT2D eigenvalue weighted by Gasteiger charge is 2.21. The van der Waals surface area contributed by atoms with Crippen LogP contribution in [0.25, 0.3) is 0 Å². The Morgan fingerprint density at radius 2 is 2.14 bits per heavy atom. The summed E-state index contributed by atoms with van der Waals surface area (Å²) in [6.07, 6.45) is 0.744. The van der Waals surface area contributed by atoms with E-state index in [0.717, 1.165) is 17.0 Å². The summed E-state index contributed by atoms with van der Waals surface area (Å²) in [7, 11) is -3.42. The molecule has 2 aromatic rings. The quantitative estimate of drug-likeness (QED) is 0.808. The summed E-state index contributed by atoms with van der Waals surface area (Å²) in [4.78, 5) is 4.21. The largest absolute Gasteiger partial charge is 0.391 e. The topological polar surface area (TPSA) is 79.3 Å². The minimum Gasteiger partial charge on any atom is -0.391 e. The van der Waals surface area contributed by atoms with Crippen molar-refractivity contribution < 1.29 is 13.5 Å². The minimum atomic E-state index is -3.42. The highest BCUT2D eigenvalue weighted by molar-refractivity contribution is 7.93. The fourth-order valence-corrected chi connectivity index (χ4v) is 4.36. The molecule has 0 aliphatic heterocycles. The molecule has 0 aliphatic rings. The van der Waals surface area contributed by atoms with Crippen LogP contribution < -0.4 is 5.32 Å². The smallest absolute Gasteiger partial charge is 0.190 e. The molecule has 0 spiro atoms. The lowest BCUT2D eigenvalue weighted by molar-refractivity contribution is 0.189. The van der Waals surface area contributed by atoms with Crippen LogP contribution in [-0.2, 0) is 9.84 Å². The Morgan fingerprint density at radius 1 is 1.33 bits per heavy atom. The summed E-state index contributed by atoms with van der Waals surface area (Å²) in [5, 5.41) is 14.7. The normalized spacial score (nSPS) is 14.8. The van der Waals surface area contributed by atoms with Gasteiger partial charge in [-0.3, -0.25) is 4.98 Å². The molecule has 2 aromatic heterocycles. The number of aliphatic hydroxyl groups is 1. The van der Waals surface area contributed by atoms with E-state index in [1.807, 2.05) is 25.1 Å². The zero-order chi connectivity index (χ0) is 15.3. The molecule has 5 nitrogen and oxygen atoms in total. The molecular formula is C14H18N2O3S2. The molecule has 0 aromatic carbocycles. The number of nitrogens with one attached hydrogen (secondary N) is 1. The highest BCUT2D eigenvalue weighted by Crippen LogP contribution is 2.18. The Kier molecular flexibility index (Phi) is 5.46. The van der Waals surface area contributed by atoms with Gasteiger partial charge in [-0.25, -0.2) is 8.42 Å². The fourth-order valence-electron chi connectivity index (χ4n) is 1.88. The second-order valence-corrected chi connectivity index (χ2v) is 7.96. The number of thiophene rings is 1. The summed E-state index contributed by atoms with van der Waals surface area (Å²) >= 11 is 1.16. The van der Waals surface area contributed by atoms with Crippen LogP contribution in [0.3, 0.4) is 0 Å². The van der Waals surface area contributed by atoms with E-state index in [1.54, 1.807) is 23.7 Å². The molecule has 0 saturated carbocycles. The minimum absolute atomic E-state index is 0.0507. The molecule has 2 unspecified atom stereocenters. The third-order valence-electron chi connectivity index (χ3n) is 3.00. The van der Waals surface area contributed by atoms with Crippen molar-refractivity contribution in [2.24, 2.45) is 0 Å². The predicted octanol–water partition coefficient (Wildman–Crippen LogP) is 1.63. The second kappa shape index (κ2) is 7.13. The first-order valence-corrected chi connectivity index (χ1v) is 9.11. The summed E-state index contributed by atoms with van der Waals surface area (Å²) in [5.41, 5.74) is 0.853. The summed E-state index contributed by atoms with van der Waals surface area (Å²) in [6.45, 7) is 2.12. The molecule has 7 heteroatoms. The zero-order valence-electron chi connectivity index (χ0n) is 11.6. The van der Waals surface area contributed by atoms with Gasteiger partial charge in [0, 0.05) is 18.8 Å². The van der Waals surface area contributed by atoms with Crippen molar-refractivity contribution in [1.82, 2.24) is 10.3 Å². The number of hydrogen-bond donors (Lipinski definition) is 2. The monoisotopic (exact) mass is 326 g/mol. The van der Waals surface area contributed by atoms with Gasteiger partial charge in [-0.15, -0.1) is 11.3 Å². The Labute approximate surface area is 128 Å². The van der Waals surface area contributed by atoms with Gasteiger partial charge in [0.05, 0.1) is 17.6 Å². The Balaban J connectivity index is 1.87. The number of rotatable bonds is 7. The Bertz CT molecular complexity index is 642. The van der Waals surface area contributed by atoms with Crippen LogP contribution in [0.4, 0.5) is 0 Å². The molecule has 2 heterocycles. The maximum Gasteiger partial charge on any atom is 0.190 e. The standard InChI is InChI=1S/C14H18N2O3S2/c1-11(13-5-2-3-7-15-13)16-9-12(17)10-21(18,19)14-6-4-8-20-14/h2-8,11-12,16-17H,9-10H2,1H3. The third kappa shape index (κ3) is 4.60.